The number of rotatable bonds is 7. The fraction of sp³-hybridized carbons (Fsp3) is 0.571. The standard InChI is InChI=1S/C14H22N2O3/c1-4-19-14(18)11-16(12(2)3)10-9-15-8-6-5-7-13(15)17/h5-8,12H,4,9-11H2,1-3H3. The summed E-state index contributed by atoms with van der Waals surface area (Å²) < 4.78 is 6.59. The van der Waals surface area contributed by atoms with Gasteiger partial charge in [0.2, 0.25) is 0 Å². The molecule has 0 N–H and O–H groups in total. The van der Waals surface area contributed by atoms with Gasteiger partial charge in [-0.15, -0.1) is 0 Å². The number of pyridine rings is 1. The summed E-state index contributed by atoms with van der Waals surface area (Å²) in [5.74, 6) is -0.225. The molecule has 1 aromatic rings. The third kappa shape index (κ3) is 5.26. The van der Waals surface area contributed by atoms with E-state index in [4.69, 9.17) is 4.74 Å². The van der Waals surface area contributed by atoms with Crippen LogP contribution in [0.25, 0.3) is 0 Å². The topological polar surface area (TPSA) is 51.5 Å². The number of carbonyl (C=O) groups excluding carboxylic acids is 1. The average Bonchev–Trinajstić information content (AvgIpc) is 2.36. The molecule has 1 heterocycles. The minimum absolute atomic E-state index is 0.0256. The van der Waals surface area contributed by atoms with E-state index in [2.05, 4.69) is 0 Å². The Labute approximate surface area is 113 Å². The van der Waals surface area contributed by atoms with Crippen LogP contribution in [0.4, 0.5) is 0 Å². The van der Waals surface area contributed by atoms with Crippen molar-refractivity contribution < 1.29 is 9.53 Å². The molecule has 5 heteroatoms. The van der Waals surface area contributed by atoms with Crippen LogP contribution in [-0.4, -0.2) is 41.2 Å². The molecule has 1 rings (SSSR count). The summed E-state index contributed by atoms with van der Waals surface area (Å²) in [5.41, 5.74) is -0.0256. The van der Waals surface area contributed by atoms with E-state index in [0.29, 0.717) is 19.7 Å². The molecule has 0 aliphatic heterocycles. The lowest BCUT2D eigenvalue weighted by molar-refractivity contribution is -0.144. The Balaban J connectivity index is 2.57. The van der Waals surface area contributed by atoms with E-state index < -0.39 is 0 Å². The van der Waals surface area contributed by atoms with Crippen molar-refractivity contribution in [3.63, 3.8) is 0 Å². The van der Waals surface area contributed by atoms with Crippen LogP contribution >= 0.6 is 0 Å². The minimum atomic E-state index is -0.225. The van der Waals surface area contributed by atoms with Gasteiger partial charge in [-0.3, -0.25) is 14.5 Å². The molecule has 0 saturated heterocycles. The maximum atomic E-state index is 11.6. The smallest absolute Gasteiger partial charge is 0.320 e. The summed E-state index contributed by atoms with van der Waals surface area (Å²) >= 11 is 0. The van der Waals surface area contributed by atoms with Crippen molar-refractivity contribution in [1.29, 1.82) is 0 Å². The van der Waals surface area contributed by atoms with E-state index in [1.165, 1.54) is 6.07 Å². The van der Waals surface area contributed by atoms with Crippen molar-refractivity contribution in [3.05, 3.63) is 34.7 Å². The fourth-order valence-electron chi connectivity index (χ4n) is 1.77. The predicted octanol–water partition coefficient (Wildman–Crippen LogP) is 1.12. The molecular weight excluding hydrogens is 244 g/mol. The first-order valence-electron chi connectivity index (χ1n) is 6.59. The molecule has 0 aliphatic carbocycles. The molecule has 106 valence electrons. The molecule has 0 radical (unpaired) electrons. The van der Waals surface area contributed by atoms with Crippen LogP contribution in [0, 0.1) is 0 Å². The summed E-state index contributed by atoms with van der Waals surface area (Å²) in [6.07, 6.45) is 1.76. The number of aromatic nitrogens is 1. The van der Waals surface area contributed by atoms with Gasteiger partial charge in [0.1, 0.15) is 0 Å². The number of ether oxygens (including phenoxy) is 1. The third-order valence-electron chi connectivity index (χ3n) is 2.89. The maximum absolute atomic E-state index is 11.6. The van der Waals surface area contributed by atoms with Crippen LogP contribution in [0.15, 0.2) is 29.2 Å². The van der Waals surface area contributed by atoms with Crippen LogP contribution in [0.3, 0.4) is 0 Å². The summed E-state index contributed by atoms with van der Waals surface area (Å²) in [7, 11) is 0. The summed E-state index contributed by atoms with van der Waals surface area (Å²) in [5, 5.41) is 0. The highest BCUT2D eigenvalue weighted by molar-refractivity contribution is 5.71. The van der Waals surface area contributed by atoms with E-state index in [1.54, 1.807) is 23.8 Å². The molecule has 0 amide bonds. The van der Waals surface area contributed by atoms with Crippen LogP contribution < -0.4 is 5.56 Å². The number of hydrogen-bond acceptors (Lipinski definition) is 4. The van der Waals surface area contributed by atoms with Crippen molar-refractivity contribution in [1.82, 2.24) is 9.47 Å². The van der Waals surface area contributed by atoms with Crippen molar-refractivity contribution in [3.8, 4) is 0 Å². The van der Waals surface area contributed by atoms with E-state index in [9.17, 15) is 9.59 Å². The predicted molar refractivity (Wildman–Crippen MR) is 74.0 cm³/mol. The summed E-state index contributed by atoms with van der Waals surface area (Å²) in [6.45, 7) is 7.69. The second-order valence-electron chi connectivity index (χ2n) is 4.60. The molecular formula is C14H22N2O3. The monoisotopic (exact) mass is 266 g/mol. The van der Waals surface area contributed by atoms with Gasteiger partial charge >= 0.3 is 5.97 Å². The summed E-state index contributed by atoms with van der Waals surface area (Å²) in [4.78, 5) is 25.1. The average molecular weight is 266 g/mol. The lowest BCUT2D eigenvalue weighted by Gasteiger charge is -2.25. The lowest BCUT2D eigenvalue weighted by Crippen LogP contribution is -2.39. The second-order valence-corrected chi connectivity index (χ2v) is 4.60. The van der Waals surface area contributed by atoms with Crippen molar-refractivity contribution in [2.24, 2.45) is 0 Å². The van der Waals surface area contributed by atoms with E-state index in [-0.39, 0.29) is 24.1 Å². The van der Waals surface area contributed by atoms with E-state index in [1.807, 2.05) is 24.8 Å². The molecule has 0 fully saturated rings. The van der Waals surface area contributed by atoms with Crippen molar-refractivity contribution in [2.45, 2.75) is 33.4 Å². The first-order valence-corrected chi connectivity index (χ1v) is 6.59. The Morgan fingerprint density at radius 3 is 2.74 bits per heavy atom. The Morgan fingerprint density at radius 1 is 1.42 bits per heavy atom. The molecule has 5 nitrogen and oxygen atoms in total. The molecule has 0 spiro atoms. The van der Waals surface area contributed by atoms with Gasteiger partial charge < -0.3 is 9.30 Å². The number of nitrogens with zero attached hydrogens (tertiary/aromatic N) is 2. The Morgan fingerprint density at radius 2 is 2.16 bits per heavy atom. The van der Waals surface area contributed by atoms with Crippen LogP contribution in [0.2, 0.25) is 0 Å². The van der Waals surface area contributed by atoms with Gasteiger partial charge in [0, 0.05) is 31.4 Å². The molecule has 0 aliphatic rings. The van der Waals surface area contributed by atoms with Gasteiger partial charge in [0.25, 0.3) is 5.56 Å². The second kappa shape index (κ2) is 7.74. The van der Waals surface area contributed by atoms with Gasteiger partial charge in [-0.2, -0.15) is 0 Å². The molecule has 0 bridgehead atoms. The molecule has 0 atom stereocenters. The van der Waals surface area contributed by atoms with Gasteiger partial charge in [-0.05, 0) is 26.8 Å². The zero-order chi connectivity index (χ0) is 14.3. The molecule has 1 aromatic heterocycles. The van der Waals surface area contributed by atoms with Gasteiger partial charge in [-0.25, -0.2) is 0 Å². The van der Waals surface area contributed by atoms with Crippen LogP contribution in [-0.2, 0) is 16.1 Å². The highest BCUT2D eigenvalue weighted by atomic mass is 16.5. The van der Waals surface area contributed by atoms with Crippen LogP contribution in [0.5, 0.6) is 0 Å². The first kappa shape index (κ1) is 15.4. The fourth-order valence-corrected chi connectivity index (χ4v) is 1.77. The molecule has 0 saturated carbocycles. The van der Waals surface area contributed by atoms with E-state index in [0.717, 1.165) is 0 Å². The van der Waals surface area contributed by atoms with Gasteiger partial charge in [-0.1, -0.05) is 6.07 Å². The van der Waals surface area contributed by atoms with Crippen molar-refractivity contribution in [2.75, 3.05) is 19.7 Å². The molecule has 0 unspecified atom stereocenters. The van der Waals surface area contributed by atoms with Gasteiger partial charge in [0.15, 0.2) is 0 Å². The Bertz CT molecular complexity index is 454. The lowest BCUT2D eigenvalue weighted by atomic mass is 10.3. The number of carbonyl (C=O) groups is 1. The zero-order valence-electron chi connectivity index (χ0n) is 11.8. The Hall–Kier alpha value is -1.62. The minimum Gasteiger partial charge on any atom is -0.465 e. The van der Waals surface area contributed by atoms with Crippen LogP contribution in [0.1, 0.15) is 20.8 Å². The summed E-state index contributed by atoms with van der Waals surface area (Å²) in [6, 6.07) is 5.30. The highest BCUT2D eigenvalue weighted by Gasteiger charge is 2.14. The normalized spacial score (nSPS) is 11.0. The largest absolute Gasteiger partial charge is 0.465 e. The Kier molecular flexibility index (Phi) is 6.29. The number of hydrogen-bond donors (Lipinski definition) is 0. The maximum Gasteiger partial charge on any atom is 0.320 e. The van der Waals surface area contributed by atoms with E-state index >= 15 is 0 Å². The third-order valence-corrected chi connectivity index (χ3v) is 2.89. The molecule has 0 aromatic carbocycles. The number of esters is 1. The van der Waals surface area contributed by atoms with Crippen molar-refractivity contribution >= 4 is 5.97 Å². The SMILES string of the molecule is CCOC(=O)CN(CCn1ccccc1=O)C(C)C. The quantitative estimate of drug-likeness (QED) is 0.694. The first-order chi connectivity index (χ1) is 9.04. The highest BCUT2D eigenvalue weighted by Crippen LogP contribution is 1.99. The van der Waals surface area contributed by atoms with Gasteiger partial charge in [0.05, 0.1) is 13.2 Å². The molecule has 19 heavy (non-hydrogen) atoms. The zero-order valence-corrected chi connectivity index (χ0v) is 11.8.